The van der Waals surface area contributed by atoms with Gasteiger partial charge in [-0.25, -0.2) is 8.42 Å². The average Bonchev–Trinajstić information content (AvgIpc) is 2.98. The number of hydrogen-bond donors (Lipinski definition) is 1. The molecule has 2 saturated carbocycles. The zero-order chi connectivity index (χ0) is 13.0. The van der Waals surface area contributed by atoms with Crippen molar-refractivity contribution in [3.8, 4) is 0 Å². The fourth-order valence-corrected chi connectivity index (χ4v) is 4.09. The molecule has 2 aliphatic carbocycles. The molecule has 106 valence electrons. The highest BCUT2D eigenvalue weighted by molar-refractivity contribution is 7.91. The van der Waals surface area contributed by atoms with Gasteiger partial charge in [-0.1, -0.05) is 6.42 Å². The molecule has 2 rings (SSSR count). The third-order valence-electron chi connectivity index (χ3n) is 3.92. The zero-order valence-electron chi connectivity index (χ0n) is 11.2. The number of rotatable bonds is 8. The molecule has 2 unspecified atom stereocenters. The maximum Gasteiger partial charge on any atom is 0.151 e. The van der Waals surface area contributed by atoms with E-state index >= 15 is 0 Å². The first-order chi connectivity index (χ1) is 8.57. The third kappa shape index (κ3) is 4.52. The molecule has 1 N–H and O–H groups in total. The maximum atomic E-state index is 11.6. The highest BCUT2D eigenvalue weighted by Crippen LogP contribution is 2.28. The summed E-state index contributed by atoms with van der Waals surface area (Å²) < 4.78 is 28.8. The Morgan fingerprint density at radius 1 is 1.22 bits per heavy atom. The lowest BCUT2D eigenvalue weighted by molar-refractivity contribution is 0.121. The van der Waals surface area contributed by atoms with E-state index in [4.69, 9.17) is 4.74 Å². The van der Waals surface area contributed by atoms with Gasteiger partial charge in [0.25, 0.3) is 0 Å². The molecule has 0 aromatic heterocycles. The Hall–Kier alpha value is -0.130. The largest absolute Gasteiger partial charge is 0.381 e. The Morgan fingerprint density at radius 3 is 2.67 bits per heavy atom. The van der Waals surface area contributed by atoms with Gasteiger partial charge in [0.15, 0.2) is 9.84 Å². The van der Waals surface area contributed by atoms with Crippen LogP contribution >= 0.6 is 0 Å². The summed E-state index contributed by atoms with van der Waals surface area (Å²) in [6.45, 7) is 2.57. The zero-order valence-corrected chi connectivity index (χ0v) is 12.0. The van der Waals surface area contributed by atoms with Crippen LogP contribution in [-0.4, -0.2) is 45.7 Å². The predicted octanol–water partition coefficient (Wildman–Crippen LogP) is 1.36. The third-order valence-corrected chi connectivity index (χ3v) is 5.59. The first kappa shape index (κ1) is 14.3. The van der Waals surface area contributed by atoms with Crippen LogP contribution in [0, 0.1) is 5.92 Å². The minimum absolute atomic E-state index is 0.156. The predicted molar refractivity (Wildman–Crippen MR) is 72.4 cm³/mol. The van der Waals surface area contributed by atoms with Crippen molar-refractivity contribution in [2.75, 3.05) is 26.0 Å². The summed E-state index contributed by atoms with van der Waals surface area (Å²) in [5.74, 6) is 0.822. The molecule has 5 heteroatoms. The van der Waals surface area contributed by atoms with Gasteiger partial charge in [0, 0.05) is 25.5 Å². The molecule has 2 fully saturated rings. The molecule has 0 amide bonds. The SMILES string of the molecule is CS(=O)(=O)C1CCCC1NCCCOCC1CC1. The summed E-state index contributed by atoms with van der Waals surface area (Å²) in [6.07, 6.45) is 7.81. The van der Waals surface area contributed by atoms with Gasteiger partial charge in [-0.05, 0) is 44.6 Å². The summed E-state index contributed by atoms with van der Waals surface area (Å²) in [7, 11) is -2.90. The molecular weight excluding hydrogens is 250 g/mol. The van der Waals surface area contributed by atoms with Gasteiger partial charge in [0.2, 0.25) is 0 Å². The summed E-state index contributed by atoms with van der Waals surface area (Å²) in [5, 5.41) is 3.21. The monoisotopic (exact) mass is 275 g/mol. The maximum absolute atomic E-state index is 11.6. The molecule has 0 spiro atoms. The van der Waals surface area contributed by atoms with Crippen molar-refractivity contribution in [1.82, 2.24) is 5.32 Å². The molecule has 0 aromatic rings. The van der Waals surface area contributed by atoms with Gasteiger partial charge >= 0.3 is 0 Å². The van der Waals surface area contributed by atoms with Gasteiger partial charge in [0.1, 0.15) is 0 Å². The number of sulfone groups is 1. The Balaban J connectivity index is 1.57. The van der Waals surface area contributed by atoms with Crippen LogP contribution in [0.5, 0.6) is 0 Å². The van der Waals surface area contributed by atoms with Crippen LogP contribution in [-0.2, 0) is 14.6 Å². The number of hydrogen-bond acceptors (Lipinski definition) is 4. The van der Waals surface area contributed by atoms with E-state index in [-0.39, 0.29) is 11.3 Å². The molecule has 0 aromatic carbocycles. The van der Waals surface area contributed by atoms with E-state index < -0.39 is 9.84 Å². The van der Waals surface area contributed by atoms with Crippen molar-refractivity contribution in [2.45, 2.75) is 49.8 Å². The Labute approximate surface area is 110 Å². The molecule has 4 nitrogen and oxygen atoms in total. The van der Waals surface area contributed by atoms with E-state index in [1.54, 1.807) is 0 Å². The topological polar surface area (TPSA) is 55.4 Å². The van der Waals surface area contributed by atoms with Crippen LogP contribution in [0.3, 0.4) is 0 Å². The molecule has 0 radical (unpaired) electrons. The molecule has 0 heterocycles. The van der Waals surface area contributed by atoms with Gasteiger partial charge in [-0.15, -0.1) is 0 Å². The van der Waals surface area contributed by atoms with Crippen LogP contribution in [0.15, 0.2) is 0 Å². The Bertz CT molecular complexity index is 351. The Morgan fingerprint density at radius 2 is 2.00 bits per heavy atom. The minimum atomic E-state index is -2.90. The van der Waals surface area contributed by atoms with Crippen molar-refractivity contribution in [3.63, 3.8) is 0 Å². The molecule has 2 aliphatic rings. The second kappa shape index (κ2) is 6.35. The number of nitrogens with one attached hydrogen (secondary N) is 1. The van der Waals surface area contributed by atoms with Gasteiger partial charge in [-0.2, -0.15) is 0 Å². The van der Waals surface area contributed by atoms with Crippen molar-refractivity contribution in [2.24, 2.45) is 5.92 Å². The smallest absolute Gasteiger partial charge is 0.151 e. The fraction of sp³-hybridized carbons (Fsp3) is 1.00. The molecular formula is C13H25NO3S. The Kier molecular flexibility index (Phi) is 5.04. The first-order valence-electron chi connectivity index (χ1n) is 7.07. The molecule has 0 bridgehead atoms. The minimum Gasteiger partial charge on any atom is -0.381 e. The average molecular weight is 275 g/mol. The fourth-order valence-electron chi connectivity index (χ4n) is 2.67. The number of ether oxygens (including phenoxy) is 1. The molecule has 0 saturated heterocycles. The summed E-state index contributed by atoms with van der Waals surface area (Å²) >= 11 is 0. The lowest BCUT2D eigenvalue weighted by Gasteiger charge is -2.19. The van der Waals surface area contributed by atoms with E-state index in [1.165, 1.54) is 19.1 Å². The molecule has 2 atom stereocenters. The van der Waals surface area contributed by atoms with Crippen LogP contribution in [0.1, 0.15) is 38.5 Å². The first-order valence-corrected chi connectivity index (χ1v) is 9.03. The van der Waals surface area contributed by atoms with Crippen molar-refractivity contribution in [1.29, 1.82) is 0 Å². The van der Waals surface area contributed by atoms with Crippen molar-refractivity contribution in [3.05, 3.63) is 0 Å². The van der Waals surface area contributed by atoms with Crippen molar-refractivity contribution < 1.29 is 13.2 Å². The summed E-state index contributed by atoms with van der Waals surface area (Å²) in [4.78, 5) is 0. The van der Waals surface area contributed by atoms with E-state index in [0.29, 0.717) is 0 Å². The van der Waals surface area contributed by atoms with Crippen molar-refractivity contribution >= 4 is 9.84 Å². The van der Waals surface area contributed by atoms with Crippen LogP contribution in [0.2, 0.25) is 0 Å². The lowest BCUT2D eigenvalue weighted by Crippen LogP contribution is -2.40. The highest BCUT2D eigenvalue weighted by atomic mass is 32.2. The molecule has 0 aliphatic heterocycles. The normalized spacial score (nSPS) is 28.7. The molecule has 18 heavy (non-hydrogen) atoms. The summed E-state index contributed by atoms with van der Waals surface area (Å²) in [5.41, 5.74) is 0. The van der Waals surface area contributed by atoms with Gasteiger partial charge in [-0.3, -0.25) is 0 Å². The van der Waals surface area contributed by atoms with E-state index in [0.717, 1.165) is 51.4 Å². The second-order valence-electron chi connectivity index (χ2n) is 5.73. The lowest BCUT2D eigenvalue weighted by atomic mass is 10.2. The van der Waals surface area contributed by atoms with E-state index in [1.807, 2.05) is 0 Å². The van der Waals surface area contributed by atoms with Crippen LogP contribution in [0.4, 0.5) is 0 Å². The van der Waals surface area contributed by atoms with Gasteiger partial charge < -0.3 is 10.1 Å². The van der Waals surface area contributed by atoms with Crippen LogP contribution in [0.25, 0.3) is 0 Å². The summed E-state index contributed by atoms with van der Waals surface area (Å²) in [6, 6.07) is 0.156. The standard InChI is InChI=1S/C13H25NO3S/c1-18(15,16)13-5-2-4-12(13)14-8-3-9-17-10-11-6-7-11/h11-14H,2-10H2,1H3. The highest BCUT2D eigenvalue weighted by Gasteiger charge is 2.34. The second-order valence-corrected chi connectivity index (χ2v) is 8.00. The quantitative estimate of drug-likeness (QED) is 0.680. The van der Waals surface area contributed by atoms with Crippen LogP contribution < -0.4 is 5.32 Å². The van der Waals surface area contributed by atoms with E-state index in [2.05, 4.69) is 5.32 Å². The van der Waals surface area contributed by atoms with Gasteiger partial charge in [0.05, 0.1) is 5.25 Å². The van der Waals surface area contributed by atoms with E-state index in [9.17, 15) is 8.42 Å².